The maximum atomic E-state index is 12.1. The number of nitrogens with one attached hydrogen (secondary N) is 2. The predicted octanol–water partition coefficient (Wildman–Crippen LogP) is 3.30. The molecule has 2 heterocycles. The van der Waals surface area contributed by atoms with E-state index in [0.717, 1.165) is 42.5 Å². The third kappa shape index (κ3) is 5.01. The van der Waals surface area contributed by atoms with Crippen molar-refractivity contribution in [1.82, 2.24) is 20.2 Å². The first-order valence-corrected chi connectivity index (χ1v) is 8.78. The molecule has 1 aromatic heterocycles. The first-order valence-electron chi connectivity index (χ1n) is 8.78. The van der Waals surface area contributed by atoms with Crippen molar-refractivity contribution in [3.8, 4) is 0 Å². The largest absolute Gasteiger partial charge is 0.351 e. The monoisotopic (exact) mass is 406 g/mol. The maximum absolute atomic E-state index is 12.1. The topological polar surface area (TPSA) is 59.0 Å². The molecular weight excluding hydrogens is 383 g/mol. The number of imidazole rings is 1. The minimum Gasteiger partial charge on any atom is -0.351 e. The van der Waals surface area contributed by atoms with E-state index in [1.165, 1.54) is 5.56 Å². The number of benzene rings is 2. The number of rotatable bonds is 5. The lowest BCUT2D eigenvalue weighted by atomic mass is 10.1. The minimum absolute atomic E-state index is 0. The molecule has 27 heavy (non-hydrogen) atoms. The summed E-state index contributed by atoms with van der Waals surface area (Å²) in [4.78, 5) is 16.6. The highest BCUT2D eigenvalue weighted by Crippen LogP contribution is 2.15. The van der Waals surface area contributed by atoms with Crippen molar-refractivity contribution in [3.63, 3.8) is 0 Å². The Bertz CT molecular complexity index is 890. The molecule has 0 bridgehead atoms. The zero-order chi connectivity index (χ0) is 17.1. The maximum Gasteiger partial charge on any atom is 0.237 e. The number of fused-ring (bicyclic) bond motifs is 1. The number of aromatic nitrogens is 2. The van der Waals surface area contributed by atoms with Crippen LogP contribution in [0.5, 0.6) is 0 Å². The highest BCUT2D eigenvalue weighted by molar-refractivity contribution is 5.85. The summed E-state index contributed by atoms with van der Waals surface area (Å²) < 4.78 is 2.15. The van der Waals surface area contributed by atoms with Crippen LogP contribution >= 0.6 is 24.8 Å². The quantitative estimate of drug-likeness (QED) is 0.683. The van der Waals surface area contributed by atoms with Crippen molar-refractivity contribution >= 4 is 41.8 Å². The second-order valence-electron chi connectivity index (χ2n) is 6.55. The Morgan fingerprint density at radius 2 is 1.96 bits per heavy atom. The number of carbonyl (C=O) groups excluding carboxylic acids is 1. The van der Waals surface area contributed by atoms with Crippen molar-refractivity contribution in [1.29, 1.82) is 0 Å². The van der Waals surface area contributed by atoms with E-state index in [-0.39, 0.29) is 36.8 Å². The number of halogens is 2. The van der Waals surface area contributed by atoms with Crippen LogP contribution in [0.15, 0.2) is 54.9 Å². The summed E-state index contributed by atoms with van der Waals surface area (Å²) in [5, 5.41) is 6.26. The van der Waals surface area contributed by atoms with Gasteiger partial charge >= 0.3 is 0 Å². The van der Waals surface area contributed by atoms with Gasteiger partial charge in [-0.05, 0) is 42.6 Å². The van der Waals surface area contributed by atoms with Crippen molar-refractivity contribution in [3.05, 3.63) is 66.0 Å². The predicted molar refractivity (Wildman–Crippen MR) is 113 cm³/mol. The molecule has 0 saturated carbocycles. The molecule has 7 heteroatoms. The van der Waals surface area contributed by atoms with Crippen LogP contribution in [-0.2, 0) is 17.9 Å². The van der Waals surface area contributed by atoms with Gasteiger partial charge in [0.2, 0.25) is 5.91 Å². The Morgan fingerprint density at radius 3 is 2.78 bits per heavy atom. The molecule has 144 valence electrons. The van der Waals surface area contributed by atoms with E-state index in [1.54, 1.807) is 0 Å². The molecule has 2 N–H and O–H groups in total. The number of hydrogen-bond donors (Lipinski definition) is 2. The van der Waals surface area contributed by atoms with Gasteiger partial charge in [0.05, 0.1) is 23.4 Å². The van der Waals surface area contributed by atoms with Crippen LogP contribution in [0.25, 0.3) is 11.0 Å². The molecule has 0 aliphatic carbocycles. The van der Waals surface area contributed by atoms with E-state index in [9.17, 15) is 4.79 Å². The Hall–Kier alpha value is -2.08. The Morgan fingerprint density at radius 1 is 1.15 bits per heavy atom. The van der Waals surface area contributed by atoms with Crippen LogP contribution < -0.4 is 10.6 Å². The van der Waals surface area contributed by atoms with Gasteiger partial charge in [0.25, 0.3) is 0 Å². The summed E-state index contributed by atoms with van der Waals surface area (Å²) in [5.74, 6) is 0.100. The summed E-state index contributed by atoms with van der Waals surface area (Å²) in [5.41, 5.74) is 4.46. The number of para-hydroxylation sites is 2. The molecule has 0 unspecified atom stereocenters. The highest BCUT2D eigenvalue weighted by Gasteiger charge is 2.21. The van der Waals surface area contributed by atoms with Crippen LogP contribution in [0.3, 0.4) is 0 Å². The molecule has 2 aromatic carbocycles. The van der Waals surface area contributed by atoms with Crippen LogP contribution in [-0.4, -0.2) is 28.0 Å². The van der Waals surface area contributed by atoms with Crippen LogP contribution in [0.1, 0.15) is 24.0 Å². The molecule has 1 amide bonds. The zero-order valence-electron chi connectivity index (χ0n) is 14.9. The first-order chi connectivity index (χ1) is 12.3. The van der Waals surface area contributed by atoms with Crippen molar-refractivity contribution < 1.29 is 4.79 Å². The molecule has 0 spiro atoms. The van der Waals surface area contributed by atoms with Gasteiger partial charge in [0, 0.05) is 13.1 Å². The van der Waals surface area contributed by atoms with E-state index in [4.69, 9.17) is 0 Å². The number of carbonyl (C=O) groups is 1. The lowest BCUT2D eigenvalue weighted by molar-refractivity contribution is -0.122. The molecule has 1 fully saturated rings. The van der Waals surface area contributed by atoms with E-state index in [0.29, 0.717) is 6.54 Å². The third-order valence-electron chi connectivity index (χ3n) is 4.72. The van der Waals surface area contributed by atoms with Crippen molar-refractivity contribution in [2.45, 2.75) is 32.0 Å². The van der Waals surface area contributed by atoms with E-state index >= 15 is 0 Å². The summed E-state index contributed by atoms with van der Waals surface area (Å²) in [7, 11) is 0. The average Bonchev–Trinajstić information content (AvgIpc) is 3.31. The van der Waals surface area contributed by atoms with E-state index in [1.807, 2.05) is 30.6 Å². The molecular formula is C20H24Cl2N4O. The van der Waals surface area contributed by atoms with Gasteiger partial charge in [-0.3, -0.25) is 4.79 Å². The number of amides is 1. The molecule has 1 aliphatic rings. The number of hydrogen-bond acceptors (Lipinski definition) is 3. The van der Waals surface area contributed by atoms with Gasteiger partial charge in [0.1, 0.15) is 0 Å². The van der Waals surface area contributed by atoms with Gasteiger partial charge in [-0.2, -0.15) is 0 Å². The van der Waals surface area contributed by atoms with Crippen molar-refractivity contribution in [2.24, 2.45) is 0 Å². The summed E-state index contributed by atoms with van der Waals surface area (Å²) in [6.45, 7) is 2.27. The SMILES string of the molecule is Cl.Cl.O=C(NCc1cccc(Cn2cnc3ccccc32)c1)[C@@H]1CCCN1. The Balaban J connectivity index is 0.00000131. The van der Waals surface area contributed by atoms with Gasteiger partial charge in [0.15, 0.2) is 0 Å². The van der Waals surface area contributed by atoms with E-state index < -0.39 is 0 Å². The highest BCUT2D eigenvalue weighted by atomic mass is 35.5. The standard InChI is InChI=1S/C20H22N4O.2ClH/c25-20(18-8-4-10-21-18)22-12-15-5-3-6-16(11-15)13-24-14-23-17-7-1-2-9-19(17)24;;/h1-3,5-7,9,11,14,18,21H,4,8,10,12-13H2,(H,22,25);2*1H/t18-;;/m0../s1. The molecule has 5 nitrogen and oxygen atoms in total. The fourth-order valence-electron chi connectivity index (χ4n) is 3.39. The van der Waals surface area contributed by atoms with Gasteiger partial charge < -0.3 is 15.2 Å². The normalized spacial score (nSPS) is 15.8. The second kappa shape index (κ2) is 9.74. The molecule has 4 rings (SSSR count). The second-order valence-corrected chi connectivity index (χ2v) is 6.55. The van der Waals surface area contributed by atoms with E-state index in [2.05, 4.69) is 44.5 Å². The molecule has 1 aliphatic heterocycles. The van der Waals surface area contributed by atoms with Gasteiger partial charge in [-0.25, -0.2) is 4.98 Å². The number of nitrogens with zero attached hydrogens (tertiary/aromatic N) is 2. The van der Waals surface area contributed by atoms with Crippen LogP contribution in [0.4, 0.5) is 0 Å². The average molecular weight is 407 g/mol. The molecule has 1 atom stereocenters. The van der Waals surface area contributed by atoms with Crippen LogP contribution in [0.2, 0.25) is 0 Å². The van der Waals surface area contributed by atoms with Crippen molar-refractivity contribution in [2.75, 3.05) is 6.54 Å². The smallest absolute Gasteiger partial charge is 0.237 e. The molecule has 1 saturated heterocycles. The third-order valence-corrected chi connectivity index (χ3v) is 4.72. The zero-order valence-corrected chi connectivity index (χ0v) is 16.6. The lowest BCUT2D eigenvalue weighted by Gasteiger charge is -2.12. The molecule has 0 radical (unpaired) electrons. The summed E-state index contributed by atoms with van der Waals surface area (Å²) >= 11 is 0. The summed E-state index contributed by atoms with van der Waals surface area (Å²) in [6.07, 6.45) is 3.89. The fraction of sp³-hybridized carbons (Fsp3) is 0.300. The Kier molecular flexibility index (Phi) is 7.66. The fourth-order valence-corrected chi connectivity index (χ4v) is 3.39. The lowest BCUT2D eigenvalue weighted by Crippen LogP contribution is -2.40. The van der Waals surface area contributed by atoms with Crippen LogP contribution in [0, 0.1) is 0 Å². The molecule has 3 aromatic rings. The summed E-state index contributed by atoms with van der Waals surface area (Å²) in [6, 6.07) is 16.5. The van der Waals surface area contributed by atoms with Gasteiger partial charge in [-0.15, -0.1) is 24.8 Å². The van der Waals surface area contributed by atoms with Gasteiger partial charge in [-0.1, -0.05) is 36.4 Å². The Labute approximate surface area is 171 Å². The first kappa shape index (κ1) is 21.2. The minimum atomic E-state index is -0.0273.